The van der Waals surface area contributed by atoms with Gasteiger partial charge in [-0.05, 0) is 12.1 Å². The lowest BCUT2D eigenvalue weighted by atomic mass is 10.2. The maximum absolute atomic E-state index is 11.3. The van der Waals surface area contributed by atoms with Crippen molar-refractivity contribution in [1.82, 2.24) is 9.55 Å². The van der Waals surface area contributed by atoms with Gasteiger partial charge in [0.25, 0.3) is 0 Å². The van der Waals surface area contributed by atoms with Crippen molar-refractivity contribution in [2.24, 2.45) is 0 Å². The van der Waals surface area contributed by atoms with Gasteiger partial charge in [0, 0.05) is 29.4 Å². The van der Waals surface area contributed by atoms with E-state index >= 15 is 0 Å². The Hall–Kier alpha value is -1.42. The summed E-state index contributed by atoms with van der Waals surface area (Å²) in [6, 6.07) is 7.71. The molecule has 15 heavy (non-hydrogen) atoms. The van der Waals surface area contributed by atoms with Gasteiger partial charge in [0.2, 0.25) is 5.91 Å². The lowest BCUT2D eigenvalue weighted by Crippen LogP contribution is -2.05. The summed E-state index contributed by atoms with van der Waals surface area (Å²) < 4.78 is 2.50. The van der Waals surface area contributed by atoms with Crippen molar-refractivity contribution in [2.75, 3.05) is 0 Å². The molecule has 0 radical (unpaired) electrons. The van der Waals surface area contributed by atoms with E-state index < -0.39 is 0 Å². The van der Waals surface area contributed by atoms with E-state index in [0.717, 1.165) is 10.0 Å². The fraction of sp³-hybridized carbons (Fsp3) is 0.0909. The van der Waals surface area contributed by atoms with Crippen molar-refractivity contribution in [3.63, 3.8) is 0 Å². The Kier molecular flexibility index (Phi) is 2.68. The third kappa shape index (κ3) is 1.99. The number of hydrogen-bond acceptors (Lipinski definition) is 2. The van der Waals surface area contributed by atoms with Crippen LogP contribution in [0.3, 0.4) is 0 Å². The zero-order chi connectivity index (χ0) is 10.8. The van der Waals surface area contributed by atoms with Crippen LogP contribution >= 0.6 is 15.9 Å². The Balaban J connectivity index is 2.54. The van der Waals surface area contributed by atoms with E-state index in [1.165, 1.54) is 11.5 Å². The average molecular weight is 265 g/mol. The highest BCUT2D eigenvalue weighted by molar-refractivity contribution is 9.10. The largest absolute Gasteiger partial charge is 0.274 e. The molecule has 0 saturated carbocycles. The van der Waals surface area contributed by atoms with Gasteiger partial charge in [0.15, 0.2) is 0 Å². The molecule has 0 atom stereocenters. The minimum Gasteiger partial charge on any atom is -0.274 e. The first-order valence-corrected chi connectivity index (χ1v) is 5.28. The Bertz CT molecular complexity index is 505. The second kappa shape index (κ2) is 3.98. The highest BCUT2D eigenvalue weighted by atomic mass is 79.9. The molecule has 0 bridgehead atoms. The Labute approximate surface area is 95.9 Å². The molecule has 0 fully saturated rings. The molecule has 0 N–H and O–H groups in total. The molecule has 2 aromatic rings. The lowest BCUT2D eigenvalue weighted by Gasteiger charge is -2.03. The molecule has 3 nitrogen and oxygen atoms in total. The van der Waals surface area contributed by atoms with Crippen molar-refractivity contribution in [1.29, 1.82) is 0 Å². The molecule has 0 amide bonds. The van der Waals surface area contributed by atoms with E-state index in [9.17, 15) is 4.79 Å². The predicted octanol–water partition coefficient (Wildman–Crippen LogP) is 2.97. The lowest BCUT2D eigenvalue weighted by molar-refractivity contribution is 0.0938. The molecule has 76 valence electrons. The highest BCUT2D eigenvalue weighted by Crippen LogP contribution is 2.21. The zero-order valence-corrected chi connectivity index (χ0v) is 9.73. The van der Waals surface area contributed by atoms with Crippen molar-refractivity contribution >= 4 is 21.8 Å². The van der Waals surface area contributed by atoms with E-state index in [1.807, 2.05) is 24.3 Å². The summed E-state index contributed by atoms with van der Waals surface area (Å²) >= 11 is 3.39. The van der Waals surface area contributed by atoms with E-state index in [-0.39, 0.29) is 5.91 Å². The SMILES string of the molecule is CC(=O)n1ccnc1-c1cccc(Br)c1. The van der Waals surface area contributed by atoms with Gasteiger partial charge in [0.05, 0.1) is 0 Å². The van der Waals surface area contributed by atoms with Crippen molar-refractivity contribution in [3.8, 4) is 11.4 Å². The molecular weight excluding hydrogens is 256 g/mol. The first-order valence-electron chi connectivity index (χ1n) is 4.49. The molecule has 0 unspecified atom stereocenters. The zero-order valence-electron chi connectivity index (χ0n) is 8.14. The van der Waals surface area contributed by atoms with Gasteiger partial charge in [-0.2, -0.15) is 0 Å². The molecule has 0 aliphatic carbocycles. The number of carbonyl (C=O) groups is 1. The van der Waals surface area contributed by atoms with E-state index in [2.05, 4.69) is 20.9 Å². The first kappa shape index (κ1) is 10.1. The number of benzene rings is 1. The number of aromatic nitrogens is 2. The number of nitrogens with zero attached hydrogens (tertiary/aromatic N) is 2. The molecule has 2 rings (SSSR count). The maximum atomic E-state index is 11.3. The van der Waals surface area contributed by atoms with Crippen molar-refractivity contribution in [2.45, 2.75) is 6.92 Å². The van der Waals surface area contributed by atoms with Crippen LogP contribution in [0.5, 0.6) is 0 Å². The summed E-state index contributed by atoms with van der Waals surface area (Å²) in [7, 11) is 0. The summed E-state index contributed by atoms with van der Waals surface area (Å²) in [5.74, 6) is 0.631. The smallest absolute Gasteiger partial charge is 0.229 e. The minimum atomic E-state index is -0.0394. The molecular formula is C11H9BrN2O. The summed E-state index contributed by atoms with van der Waals surface area (Å²) in [6.45, 7) is 1.52. The second-order valence-electron chi connectivity index (χ2n) is 3.15. The minimum absolute atomic E-state index is 0.0394. The Morgan fingerprint density at radius 3 is 2.93 bits per heavy atom. The topological polar surface area (TPSA) is 34.9 Å². The van der Waals surface area contributed by atoms with Gasteiger partial charge in [-0.25, -0.2) is 4.98 Å². The Morgan fingerprint density at radius 1 is 1.47 bits per heavy atom. The van der Waals surface area contributed by atoms with Gasteiger partial charge in [-0.15, -0.1) is 0 Å². The van der Waals surface area contributed by atoms with Crippen LogP contribution in [0, 0.1) is 0 Å². The highest BCUT2D eigenvalue weighted by Gasteiger charge is 2.08. The first-order chi connectivity index (χ1) is 7.18. The van der Waals surface area contributed by atoms with Gasteiger partial charge in [-0.3, -0.25) is 9.36 Å². The monoisotopic (exact) mass is 264 g/mol. The fourth-order valence-corrected chi connectivity index (χ4v) is 1.80. The molecule has 4 heteroatoms. The van der Waals surface area contributed by atoms with Crippen LogP contribution in [0.1, 0.15) is 11.7 Å². The van der Waals surface area contributed by atoms with Crippen molar-refractivity contribution < 1.29 is 4.79 Å². The van der Waals surface area contributed by atoms with Gasteiger partial charge in [0.1, 0.15) is 5.82 Å². The predicted molar refractivity (Wildman–Crippen MR) is 61.7 cm³/mol. The van der Waals surface area contributed by atoms with E-state index in [4.69, 9.17) is 0 Å². The molecule has 0 spiro atoms. The summed E-state index contributed by atoms with van der Waals surface area (Å²) in [6.07, 6.45) is 3.29. The molecule has 0 saturated heterocycles. The number of rotatable bonds is 1. The van der Waals surface area contributed by atoms with E-state index in [1.54, 1.807) is 12.4 Å². The molecule has 0 aliphatic heterocycles. The summed E-state index contributed by atoms with van der Waals surface area (Å²) in [5.41, 5.74) is 0.921. The van der Waals surface area contributed by atoms with E-state index in [0.29, 0.717) is 5.82 Å². The normalized spacial score (nSPS) is 10.3. The maximum Gasteiger partial charge on any atom is 0.229 e. The van der Waals surface area contributed by atoms with Gasteiger partial charge in [-0.1, -0.05) is 28.1 Å². The average Bonchev–Trinajstić information content (AvgIpc) is 2.65. The molecule has 1 aromatic heterocycles. The van der Waals surface area contributed by atoms with Crippen LogP contribution in [-0.4, -0.2) is 15.5 Å². The van der Waals surface area contributed by atoms with Crippen LogP contribution in [-0.2, 0) is 0 Å². The fourth-order valence-electron chi connectivity index (χ4n) is 1.40. The van der Waals surface area contributed by atoms with Crippen molar-refractivity contribution in [3.05, 3.63) is 41.1 Å². The second-order valence-corrected chi connectivity index (χ2v) is 4.07. The van der Waals surface area contributed by atoms with Crippen LogP contribution in [0.15, 0.2) is 41.1 Å². The molecule has 1 heterocycles. The molecule has 0 aliphatic rings. The number of carbonyl (C=O) groups excluding carboxylic acids is 1. The van der Waals surface area contributed by atoms with Gasteiger partial charge >= 0.3 is 0 Å². The summed E-state index contributed by atoms with van der Waals surface area (Å²) in [5, 5.41) is 0. The third-order valence-corrected chi connectivity index (χ3v) is 2.56. The van der Waals surface area contributed by atoms with Gasteiger partial charge < -0.3 is 0 Å². The van der Waals surface area contributed by atoms with Crippen LogP contribution in [0.4, 0.5) is 0 Å². The molecule has 1 aromatic carbocycles. The quantitative estimate of drug-likeness (QED) is 0.794. The number of hydrogen-bond donors (Lipinski definition) is 0. The summed E-state index contributed by atoms with van der Waals surface area (Å²) in [4.78, 5) is 15.5. The number of halogens is 1. The van der Waals surface area contributed by atoms with Crippen LogP contribution in [0.2, 0.25) is 0 Å². The van der Waals surface area contributed by atoms with Crippen LogP contribution in [0.25, 0.3) is 11.4 Å². The number of imidazole rings is 1. The van der Waals surface area contributed by atoms with Crippen LogP contribution < -0.4 is 0 Å². The Morgan fingerprint density at radius 2 is 2.27 bits per heavy atom. The standard InChI is InChI=1S/C11H9BrN2O/c1-8(15)14-6-5-13-11(14)9-3-2-4-10(12)7-9/h2-7H,1H3. The third-order valence-electron chi connectivity index (χ3n) is 2.06.